The number of allylic oxidation sites excluding steroid dienone is 2. The third-order valence-corrected chi connectivity index (χ3v) is 3.79. The molecule has 1 aliphatic rings. The van der Waals surface area contributed by atoms with Gasteiger partial charge >= 0.3 is 5.97 Å². The van der Waals surface area contributed by atoms with Gasteiger partial charge < -0.3 is 15.2 Å². The number of halogens is 2. The normalized spacial score (nSPS) is 16.1. The molecule has 0 radical (unpaired) electrons. The summed E-state index contributed by atoms with van der Waals surface area (Å²) < 4.78 is 36.9. The van der Waals surface area contributed by atoms with Crippen molar-refractivity contribution in [3.63, 3.8) is 0 Å². The van der Waals surface area contributed by atoms with Crippen LogP contribution >= 0.6 is 0 Å². The van der Waals surface area contributed by atoms with Gasteiger partial charge in [0.15, 0.2) is 0 Å². The molecule has 1 unspecified atom stereocenters. The van der Waals surface area contributed by atoms with E-state index >= 15 is 0 Å². The summed E-state index contributed by atoms with van der Waals surface area (Å²) in [5.41, 5.74) is 3.82. The van der Waals surface area contributed by atoms with Crippen LogP contribution < -0.4 is 5.73 Å². The van der Waals surface area contributed by atoms with Crippen LogP contribution in [0.25, 0.3) is 0 Å². The fourth-order valence-corrected chi connectivity index (χ4v) is 2.26. The lowest BCUT2D eigenvalue weighted by molar-refractivity contribution is -0.145. The lowest BCUT2D eigenvalue weighted by atomic mass is 10.00. The molecule has 28 heavy (non-hydrogen) atoms. The van der Waals surface area contributed by atoms with Gasteiger partial charge in [0.25, 0.3) is 0 Å². The predicted molar refractivity (Wildman–Crippen MR) is 107 cm³/mol. The standard InChI is InChI=1S/C14H19F2NO2.C5H12O.CH3NO/c1-4-11(16)12(10(2)15)13(14(18)19-3)17-8-6-5-7-9-17;1-5(2,3)6-4;2-1-3/h4,13H,1-2,5-9H2,3H3;1-4H3;1H,(H2,2,3)/b12-11-;;. The Balaban J connectivity index is 0. The molecule has 8 heteroatoms. The SMILES string of the molecule is C=C/C(F)=C(\C(=C)F)C(C(=O)OC)N1CCCCC1.COC(C)(C)C.NC=O. The third-order valence-electron chi connectivity index (χ3n) is 3.79. The van der Waals surface area contributed by atoms with Crippen molar-refractivity contribution in [2.75, 3.05) is 27.3 Å². The number of primary amides is 1. The Hall–Kier alpha value is -2.06. The van der Waals surface area contributed by atoms with E-state index in [0.29, 0.717) is 13.1 Å². The number of methoxy groups -OCH3 is 2. The monoisotopic (exact) mass is 404 g/mol. The number of hydrogen-bond donors (Lipinski definition) is 1. The minimum absolute atomic E-state index is 0.0417. The van der Waals surface area contributed by atoms with Crippen LogP contribution in [0.2, 0.25) is 0 Å². The number of likely N-dealkylation sites (tertiary alicyclic amines) is 1. The number of carbonyl (C=O) groups excluding carboxylic acids is 2. The number of piperidine rings is 1. The van der Waals surface area contributed by atoms with Crippen LogP contribution in [-0.2, 0) is 19.1 Å². The average Bonchev–Trinajstić information content (AvgIpc) is 2.65. The lowest BCUT2D eigenvalue weighted by Gasteiger charge is -2.33. The van der Waals surface area contributed by atoms with Crippen molar-refractivity contribution in [3.05, 3.63) is 36.5 Å². The van der Waals surface area contributed by atoms with E-state index in [-0.39, 0.29) is 17.6 Å². The van der Waals surface area contributed by atoms with Crippen LogP contribution in [0.4, 0.5) is 8.78 Å². The zero-order valence-electron chi connectivity index (χ0n) is 17.6. The van der Waals surface area contributed by atoms with E-state index in [1.165, 1.54) is 7.11 Å². The summed E-state index contributed by atoms with van der Waals surface area (Å²) in [6.45, 7) is 13.6. The molecule has 0 saturated carbocycles. The highest BCUT2D eigenvalue weighted by molar-refractivity contribution is 5.81. The van der Waals surface area contributed by atoms with E-state index in [4.69, 9.17) is 9.53 Å². The van der Waals surface area contributed by atoms with Crippen LogP contribution in [0.1, 0.15) is 40.0 Å². The maximum Gasteiger partial charge on any atom is 0.327 e. The molecule has 0 aromatic heterocycles. The first-order valence-corrected chi connectivity index (χ1v) is 8.89. The van der Waals surface area contributed by atoms with Gasteiger partial charge in [0.1, 0.15) is 17.7 Å². The number of esters is 1. The van der Waals surface area contributed by atoms with Gasteiger partial charge in [-0.25, -0.2) is 13.6 Å². The number of rotatable bonds is 5. The van der Waals surface area contributed by atoms with Crippen molar-refractivity contribution >= 4 is 12.4 Å². The molecule has 1 aliphatic heterocycles. The van der Waals surface area contributed by atoms with Gasteiger partial charge in [-0.2, -0.15) is 0 Å². The molecule has 0 aliphatic carbocycles. The highest BCUT2D eigenvalue weighted by atomic mass is 19.1. The molecule has 0 spiro atoms. The van der Waals surface area contributed by atoms with Gasteiger partial charge in [-0.3, -0.25) is 9.69 Å². The Morgan fingerprint density at radius 2 is 1.61 bits per heavy atom. The smallest absolute Gasteiger partial charge is 0.327 e. The minimum atomic E-state index is -1.10. The summed E-state index contributed by atoms with van der Waals surface area (Å²) in [5.74, 6) is -2.54. The van der Waals surface area contributed by atoms with Crippen molar-refractivity contribution in [1.29, 1.82) is 0 Å². The fraction of sp³-hybridized carbons (Fsp3) is 0.600. The Bertz CT molecular complexity index is 537. The molecule has 1 rings (SSSR count). The number of nitrogens with zero attached hydrogens (tertiary/aromatic N) is 1. The van der Waals surface area contributed by atoms with Crippen molar-refractivity contribution in [2.45, 2.75) is 51.7 Å². The molecule has 1 amide bonds. The number of nitrogens with two attached hydrogens (primary N) is 1. The van der Waals surface area contributed by atoms with E-state index in [1.54, 1.807) is 12.0 Å². The molecule has 162 valence electrons. The number of amides is 1. The Morgan fingerprint density at radius 1 is 1.18 bits per heavy atom. The summed E-state index contributed by atoms with van der Waals surface area (Å²) in [4.78, 5) is 22.2. The number of hydrogen-bond acceptors (Lipinski definition) is 5. The topological polar surface area (TPSA) is 81.9 Å². The summed E-state index contributed by atoms with van der Waals surface area (Å²) in [6, 6.07) is -1.10. The lowest BCUT2D eigenvalue weighted by Crippen LogP contribution is -2.46. The number of ether oxygens (including phenoxy) is 2. The molecule has 1 fully saturated rings. The van der Waals surface area contributed by atoms with Gasteiger partial charge in [-0.15, -0.1) is 0 Å². The summed E-state index contributed by atoms with van der Waals surface area (Å²) >= 11 is 0. The molecule has 6 nitrogen and oxygen atoms in total. The Labute approximate surface area is 167 Å². The number of carbonyl (C=O) groups is 2. The maximum absolute atomic E-state index is 13.8. The summed E-state index contributed by atoms with van der Waals surface area (Å²) in [6.07, 6.45) is 3.94. The van der Waals surface area contributed by atoms with Crippen LogP contribution in [0, 0.1) is 0 Å². The molecule has 2 N–H and O–H groups in total. The second-order valence-corrected chi connectivity index (χ2v) is 6.85. The van der Waals surface area contributed by atoms with Gasteiger partial charge in [0.2, 0.25) is 6.41 Å². The van der Waals surface area contributed by atoms with Gasteiger partial charge in [-0.05, 0) is 52.8 Å². The first kappa shape index (κ1) is 28.2. The van der Waals surface area contributed by atoms with Crippen molar-refractivity contribution in [2.24, 2.45) is 5.73 Å². The van der Waals surface area contributed by atoms with Crippen LogP contribution in [-0.4, -0.2) is 56.2 Å². The minimum Gasteiger partial charge on any atom is -0.468 e. The van der Waals surface area contributed by atoms with Crippen molar-refractivity contribution in [3.8, 4) is 0 Å². The second-order valence-electron chi connectivity index (χ2n) is 6.85. The molecule has 0 bridgehead atoms. The first-order chi connectivity index (χ1) is 13.0. The molecular formula is C20H34F2N2O4. The molecule has 1 heterocycles. The van der Waals surface area contributed by atoms with Crippen molar-refractivity contribution in [1.82, 2.24) is 4.90 Å². The average molecular weight is 404 g/mol. The highest BCUT2D eigenvalue weighted by Crippen LogP contribution is 2.27. The van der Waals surface area contributed by atoms with Crippen LogP contribution in [0.15, 0.2) is 36.5 Å². The van der Waals surface area contributed by atoms with E-state index in [2.05, 4.69) is 23.6 Å². The molecule has 0 aromatic carbocycles. The largest absolute Gasteiger partial charge is 0.468 e. The maximum atomic E-state index is 13.8. The summed E-state index contributed by atoms with van der Waals surface area (Å²) in [7, 11) is 2.91. The Morgan fingerprint density at radius 3 is 1.89 bits per heavy atom. The molecule has 0 aromatic rings. The van der Waals surface area contributed by atoms with Gasteiger partial charge in [-0.1, -0.05) is 19.6 Å². The van der Waals surface area contributed by atoms with Crippen LogP contribution in [0.5, 0.6) is 0 Å². The molecule has 1 atom stereocenters. The van der Waals surface area contributed by atoms with E-state index in [0.717, 1.165) is 25.3 Å². The van der Waals surface area contributed by atoms with Gasteiger partial charge in [0, 0.05) is 7.11 Å². The molecule has 1 saturated heterocycles. The van der Waals surface area contributed by atoms with E-state index < -0.39 is 23.7 Å². The molecular weight excluding hydrogens is 370 g/mol. The zero-order valence-corrected chi connectivity index (χ0v) is 17.6. The fourth-order valence-electron chi connectivity index (χ4n) is 2.26. The van der Waals surface area contributed by atoms with Crippen molar-refractivity contribution < 1.29 is 27.8 Å². The predicted octanol–water partition coefficient (Wildman–Crippen LogP) is 3.44. The highest BCUT2D eigenvalue weighted by Gasteiger charge is 2.34. The Kier molecular flexibility index (Phi) is 15.0. The van der Waals surface area contributed by atoms with Crippen LogP contribution in [0.3, 0.4) is 0 Å². The quantitative estimate of drug-likeness (QED) is 0.431. The summed E-state index contributed by atoms with van der Waals surface area (Å²) in [5, 5.41) is 0. The van der Waals surface area contributed by atoms with E-state index in [9.17, 15) is 13.6 Å². The second kappa shape index (κ2) is 14.9. The van der Waals surface area contributed by atoms with Gasteiger partial charge in [0.05, 0.1) is 18.3 Å². The van der Waals surface area contributed by atoms with E-state index in [1.807, 2.05) is 20.8 Å². The zero-order chi connectivity index (χ0) is 22.3. The first-order valence-electron chi connectivity index (χ1n) is 8.89. The third kappa shape index (κ3) is 11.6.